The zero-order valence-electron chi connectivity index (χ0n) is 20.2. The minimum absolute atomic E-state index is 0. The Morgan fingerprint density at radius 3 is 2.24 bits per heavy atom. The Labute approximate surface area is 225 Å². The van der Waals surface area contributed by atoms with Crippen molar-refractivity contribution >= 4 is 17.7 Å². The molecule has 1 atom stereocenters. The van der Waals surface area contributed by atoms with Crippen LogP contribution in [0, 0.1) is 5.92 Å². The number of benzene rings is 2. The average Bonchev–Trinajstić information content (AvgIpc) is 2.90. The smallest absolute Gasteiger partial charge is 0.348 e. The summed E-state index contributed by atoms with van der Waals surface area (Å²) in [5, 5.41) is 14.8. The summed E-state index contributed by atoms with van der Waals surface area (Å²) < 4.78 is 12.6. The van der Waals surface area contributed by atoms with Crippen LogP contribution >= 0.6 is 0 Å². The predicted octanol–water partition coefficient (Wildman–Crippen LogP) is 0.218. The van der Waals surface area contributed by atoms with Gasteiger partial charge in [0.25, 0.3) is 5.91 Å². The van der Waals surface area contributed by atoms with Crippen LogP contribution in [-0.4, -0.2) is 58.7 Å². The third-order valence-corrected chi connectivity index (χ3v) is 7.78. The van der Waals surface area contributed by atoms with E-state index in [0.29, 0.717) is 46.0 Å². The summed E-state index contributed by atoms with van der Waals surface area (Å²) in [5.41, 5.74) is -1.24. The van der Waals surface area contributed by atoms with Crippen molar-refractivity contribution in [1.29, 1.82) is 0 Å². The van der Waals surface area contributed by atoms with E-state index < -0.39 is 11.6 Å². The van der Waals surface area contributed by atoms with Crippen molar-refractivity contribution in [3.8, 4) is 11.5 Å². The van der Waals surface area contributed by atoms with Crippen LogP contribution in [0.25, 0.3) is 0 Å². The lowest BCUT2D eigenvalue weighted by molar-refractivity contribution is -0.939. The standard InChI is InChI=1S/C28H27N3O5.BrH/c32-26(30-25-11-5-6-14-29-25)18-31-15-12-19(13-16-31)24(17-31)36-27(33)28(34)20-7-1-3-9-22(20)35-23-10-4-2-8-21(23)28;/h1-11,14,19,24,34H,12-13,15-18H2;1H. The molecule has 0 aliphatic carbocycles. The first-order chi connectivity index (χ1) is 17.5. The van der Waals surface area contributed by atoms with Gasteiger partial charge in [-0.3, -0.25) is 4.79 Å². The van der Waals surface area contributed by atoms with E-state index in [0.717, 1.165) is 25.9 Å². The highest BCUT2D eigenvalue weighted by Gasteiger charge is 2.53. The number of aliphatic hydroxyl groups is 1. The summed E-state index contributed by atoms with van der Waals surface area (Å²) in [7, 11) is 0. The van der Waals surface area contributed by atoms with Gasteiger partial charge in [0, 0.05) is 36.1 Å². The molecule has 1 unspecified atom stereocenters. The summed E-state index contributed by atoms with van der Waals surface area (Å²) in [4.78, 5) is 30.7. The molecule has 0 saturated carbocycles. The minimum Gasteiger partial charge on any atom is -1.00 e. The van der Waals surface area contributed by atoms with Crippen molar-refractivity contribution in [1.82, 2.24) is 4.98 Å². The van der Waals surface area contributed by atoms with Crippen LogP contribution in [0.15, 0.2) is 72.9 Å². The summed E-state index contributed by atoms with van der Waals surface area (Å²) in [6.07, 6.45) is 2.99. The molecule has 9 heteroatoms. The van der Waals surface area contributed by atoms with Crippen molar-refractivity contribution in [2.45, 2.75) is 24.5 Å². The highest BCUT2D eigenvalue weighted by molar-refractivity contribution is 5.90. The molecule has 8 nitrogen and oxygen atoms in total. The summed E-state index contributed by atoms with van der Waals surface area (Å²) >= 11 is 0. The van der Waals surface area contributed by atoms with Crippen molar-refractivity contribution in [2.24, 2.45) is 5.92 Å². The molecule has 4 aliphatic heterocycles. The maximum atomic E-state index is 13.7. The molecule has 1 amide bonds. The highest BCUT2D eigenvalue weighted by atomic mass is 79.9. The van der Waals surface area contributed by atoms with Gasteiger partial charge in [0.05, 0.1) is 13.1 Å². The molecule has 7 rings (SSSR count). The summed E-state index contributed by atoms with van der Waals surface area (Å²) in [6, 6.07) is 19.4. The van der Waals surface area contributed by atoms with Gasteiger partial charge in [0.1, 0.15) is 23.9 Å². The quantitative estimate of drug-likeness (QED) is 0.339. The van der Waals surface area contributed by atoms with E-state index >= 15 is 0 Å². The Kier molecular flexibility index (Phi) is 6.78. The number of nitrogens with zero attached hydrogens (tertiary/aromatic N) is 2. The molecule has 2 bridgehead atoms. The molecule has 2 N–H and O–H groups in total. The summed E-state index contributed by atoms with van der Waals surface area (Å²) in [5.74, 6) is 0.778. The van der Waals surface area contributed by atoms with Crippen LogP contribution in [-0.2, 0) is 19.9 Å². The fourth-order valence-corrected chi connectivity index (χ4v) is 5.92. The van der Waals surface area contributed by atoms with Crippen molar-refractivity contribution < 1.29 is 45.6 Å². The number of para-hydroxylation sites is 2. The third kappa shape index (κ3) is 4.52. The Balaban J connectivity index is 0.00000280. The maximum Gasteiger partial charge on any atom is 0.348 e. The van der Waals surface area contributed by atoms with E-state index in [9.17, 15) is 14.7 Å². The molecule has 3 fully saturated rings. The number of rotatable bonds is 5. The number of anilines is 1. The third-order valence-electron chi connectivity index (χ3n) is 7.78. The number of amides is 1. The number of halogens is 1. The minimum atomic E-state index is -1.97. The highest BCUT2D eigenvalue weighted by Crippen LogP contribution is 2.48. The van der Waals surface area contributed by atoms with E-state index in [4.69, 9.17) is 9.47 Å². The van der Waals surface area contributed by atoms with E-state index in [2.05, 4.69) is 10.3 Å². The fourth-order valence-electron chi connectivity index (χ4n) is 5.92. The van der Waals surface area contributed by atoms with Gasteiger partial charge in [0.15, 0.2) is 12.6 Å². The number of hydrogen-bond acceptors (Lipinski definition) is 6. The zero-order valence-corrected chi connectivity index (χ0v) is 21.8. The zero-order chi connectivity index (χ0) is 24.8. The second-order valence-corrected chi connectivity index (χ2v) is 9.98. The molecule has 37 heavy (non-hydrogen) atoms. The van der Waals surface area contributed by atoms with Crippen LogP contribution in [0.5, 0.6) is 11.5 Å². The molecule has 192 valence electrons. The number of fused-ring (bicyclic) bond motifs is 5. The topological polar surface area (TPSA) is 97.8 Å². The van der Waals surface area contributed by atoms with Gasteiger partial charge in [-0.1, -0.05) is 42.5 Å². The second-order valence-electron chi connectivity index (χ2n) is 9.98. The number of carbonyl (C=O) groups excluding carboxylic acids is 2. The van der Waals surface area contributed by atoms with E-state index in [1.54, 1.807) is 66.9 Å². The molecular weight excluding hydrogens is 538 g/mol. The number of ether oxygens (including phenoxy) is 2. The van der Waals surface area contributed by atoms with Gasteiger partial charge in [-0.25, -0.2) is 9.78 Å². The molecule has 3 saturated heterocycles. The number of hydrogen-bond donors (Lipinski definition) is 2. The number of quaternary nitrogens is 1. The lowest BCUT2D eigenvalue weighted by atomic mass is 9.81. The molecule has 1 aromatic heterocycles. The predicted molar refractivity (Wildman–Crippen MR) is 131 cm³/mol. The normalized spacial score (nSPS) is 24.5. The first kappa shape index (κ1) is 25.4. The monoisotopic (exact) mass is 565 g/mol. The first-order valence-electron chi connectivity index (χ1n) is 12.3. The van der Waals surface area contributed by atoms with Crippen LogP contribution in [0.4, 0.5) is 5.82 Å². The number of nitrogens with one attached hydrogen (secondary N) is 1. The molecule has 5 heterocycles. The molecule has 2 aromatic carbocycles. The van der Waals surface area contributed by atoms with Gasteiger partial charge in [0.2, 0.25) is 5.60 Å². The van der Waals surface area contributed by atoms with Gasteiger partial charge >= 0.3 is 5.97 Å². The van der Waals surface area contributed by atoms with E-state index in [1.807, 2.05) is 6.07 Å². The molecule has 0 radical (unpaired) electrons. The Hall–Kier alpha value is -3.27. The molecule has 0 spiro atoms. The van der Waals surface area contributed by atoms with Crippen molar-refractivity contribution in [3.05, 3.63) is 84.1 Å². The fraction of sp³-hybridized carbons (Fsp3) is 0.321. The van der Waals surface area contributed by atoms with Gasteiger partial charge < -0.3 is 41.4 Å². The molecular formula is C28H28BrN3O5. The van der Waals surface area contributed by atoms with Crippen LogP contribution in [0.1, 0.15) is 24.0 Å². The largest absolute Gasteiger partial charge is 1.00 e. The lowest BCUT2D eigenvalue weighted by Gasteiger charge is -2.51. The van der Waals surface area contributed by atoms with Gasteiger partial charge in [-0.15, -0.1) is 0 Å². The van der Waals surface area contributed by atoms with Crippen molar-refractivity contribution in [2.75, 3.05) is 31.5 Å². The second kappa shape index (κ2) is 9.89. The number of piperidine rings is 3. The Morgan fingerprint density at radius 2 is 1.62 bits per heavy atom. The lowest BCUT2D eigenvalue weighted by Crippen LogP contribution is -3.00. The number of aromatic nitrogens is 1. The van der Waals surface area contributed by atoms with Crippen LogP contribution in [0.3, 0.4) is 0 Å². The number of esters is 1. The number of carbonyl (C=O) groups is 2. The Morgan fingerprint density at radius 1 is 1.00 bits per heavy atom. The van der Waals surface area contributed by atoms with Gasteiger partial charge in [-0.05, 0) is 24.3 Å². The van der Waals surface area contributed by atoms with Gasteiger partial charge in [-0.2, -0.15) is 0 Å². The number of pyridine rings is 1. The molecule has 4 aliphatic rings. The maximum absolute atomic E-state index is 13.7. The van der Waals surface area contributed by atoms with Crippen LogP contribution in [0.2, 0.25) is 0 Å². The van der Waals surface area contributed by atoms with Crippen LogP contribution < -0.4 is 27.0 Å². The van der Waals surface area contributed by atoms with Crippen molar-refractivity contribution in [3.63, 3.8) is 0 Å². The SMILES string of the molecule is O=C(C[N+]12CCC(CC1)C(OC(=O)C1(O)c3ccccc3Oc3ccccc31)C2)Nc1ccccn1.[Br-]. The van der Waals surface area contributed by atoms with E-state index in [1.165, 1.54) is 0 Å². The first-order valence-corrected chi connectivity index (χ1v) is 12.3. The Bertz CT molecular complexity index is 1260. The summed E-state index contributed by atoms with van der Waals surface area (Å²) in [6.45, 7) is 2.55. The molecule has 3 aromatic rings. The average molecular weight is 566 g/mol. The van der Waals surface area contributed by atoms with E-state index in [-0.39, 0.29) is 34.9 Å².